The van der Waals surface area contributed by atoms with Crippen molar-refractivity contribution in [1.82, 2.24) is 14.4 Å². The monoisotopic (exact) mass is 299 g/mol. The van der Waals surface area contributed by atoms with E-state index in [1.165, 1.54) is 0 Å². The van der Waals surface area contributed by atoms with Gasteiger partial charge in [0, 0.05) is 11.6 Å². The third-order valence-electron chi connectivity index (χ3n) is 3.78. The molecule has 0 bridgehead atoms. The Kier molecular flexibility index (Phi) is 3.09. The zero-order chi connectivity index (χ0) is 16.1. The van der Waals surface area contributed by atoms with Gasteiger partial charge in [0.1, 0.15) is 23.7 Å². The van der Waals surface area contributed by atoms with Gasteiger partial charge < -0.3 is 10.2 Å². The van der Waals surface area contributed by atoms with E-state index in [1.54, 1.807) is 18.2 Å². The Balaban J connectivity index is 2.00. The average molecular weight is 299 g/mol. The smallest absolute Gasteiger partial charge is 0.147 e. The van der Waals surface area contributed by atoms with Crippen LogP contribution in [-0.2, 0) is 12.0 Å². The zero-order valence-corrected chi connectivity index (χ0v) is 13.1. The van der Waals surface area contributed by atoms with Gasteiger partial charge in [-0.3, -0.25) is 0 Å². The first kappa shape index (κ1) is 14.4. The van der Waals surface area contributed by atoms with Gasteiger partial charge in [0.25, 0.3) is 0 Å². The van der Waals surface area contributed by atoms with E-state index >= 15 is 0 Å². The fourth-order valence-corrected chi connectivity index (χ4v) is 2.61. The lowest BCUT2D eigenvalue weighted by molar-refractivity contribution is 0.432. The van der Waals surface area contributed by atoms with Gasteiger partial charge in [0.2, 0.25) is 0 Å². The van der Waals surface area contributed by atoms with Crippen molar-refractivity contribution in [3.05, 3.63) is 48.6 Å². The number of aromatic nitrogens is 3. The number of benzene rings is 1. The first-order valence-electron chi connectivity index (χ1n) is 7.27. The summed E-state index contributed by atoms with van der Waals surface area (Å²) in [5.41, 5.74) is 2.20. The third-order valence-corrected chi connectivity index (χ3v) is 3.78. The molecule has 1 aromatic heterocycles. The summed E-state index contributed by atoms with van der Waals surface area (Å²) >= 11 is 0. The molecule has 0 atom stereocenters. The summed E-state index contributed by atoms with van der Waals surface area (Å²) in [4.78, 5) is 5.79. The molecule has 5 heteroatoms. The number of rotatable bonds is 3. The lowest BCUT2D eigenvalue weighted by Crippen LogP contribution is -2.12. The minimum absolute atomic E-state index is 0.156. The van der Waals surface area contributed by atoms with Crippen molar-refractivity contribution in [2.45, 2.75) is 32.7 Å². The maximum absolute atomic E-state index is 10.6. The van der Waals surface area contributed by atoms with Crippen LogP contribution in [0.25, 0.3) is 11.4 Å². The molecule has 0 aliphatic carbocycles. The molecule has 2 heterocycles. The van der Waals surface area contributed by atoms with Crippen molar-refractivity contribution in [3.63, 3.8) is 0 Å². The highest BCUT2D eigenvalue weighted by atomic mass is 16.3. The molecule has 22 heavy (non-hydrogen) atoms. The maximum atomic E-state index is 10.6. The predicted molar refractivity (Wildman–Crippen MR) is 87.4 cm³/mol. The van der Waals surface area contributed by atoms with E-state index in [0.717, 1.165) is 17.8 Å². The second kappa shape index (κ2) is 4.73. The van der Waals surface area contributed by atoms with Crippen molar-refractivity contribution >= 4 is 5.70 Å². The van der Waals surface area contributed by atoms with Crippen LogP contribution in [0.3, 0.4) is 0 Å². The lowest BCUT2D eigenvalue weighted by atomic mass is 9.86. The molecule has 2 N–H and O–H groups in total. The summed E-state index contributed by atoms with van der Waals surface area (Å²) in [6.45, 7) is 10.4. The fourth-order valence-electron chi connectivity index (χ4n) is 2.61. The van der Waals surface area contributed by atoms with Gasteiger partial charge in [-0.15, -0.1) is 0 Å². The summed E-state index contributed by atoms with van der Waals surface area (Å²) in [5, 5.41) is 20.5. The summed E-state index contributed by atoms with van der Waals surface area (Å²) < 4.78 is 0. The molecular formula is C17H21N3O2. The maximum Gasteiger partial charge on any atom is 0.147 e. The van der Waals surface area contributed by atoms with Crippen LogP contribution in [0.15, 0.2) is 43.0 Å². The van der Waals surface area contributed by atoms with Gasteiger partial charge in [-0.1, -0.05) is 45.6 Å². The SMILES string of the molecule is C=C/C=C\C=C1/Cn2n1n2-c1cc(O)cc(C(C)(C)C)c1O. The van der Waals surface area contributed by atoms with Gasteiger partial charge >= 0.3 is 0 Å². The lowest BCUT2D eigenvalue weighted by Gasteiger charge is -2.21. The molecular weight excluding hydrogens is 278 g/mol. The van der Waals surface area contributed by atoms with Crippen molar-refractivity contribution in [2.75, 3.05) is 0 Å². The van der Waals surface area contributed by atoms with E-state index in [0.29, 0.717) is 5.69 Å². The third kappa shape index (κ3) is 2.19. The van der Waals surface area contributed by atoms with Crippen molar-refractivity contribution in [1.29, 1.82) is 0 Å². The van der Waals surface area contributed by atoms with Crippen LogP contribution >= 0.6 is 0 Å². The van der Waals surface area contributed by atoms with Gasteiger partial charge in [0.15, 0.2) is 0 Å². The highest BCUT2D eigenvalue weighted by molar-refractivity contribution is 5.61. The number of hydrogen-bond donors (Lipinski definition) is 2. The first-order valence-corrected chi connectivity index (χ1v) is 7.27. The zero-order valence-electron chi connectivity index (χ0n) is 13.1. The van der Waals surface area contributed by atoms with E-state index in [4.69, 9.17) is 0 Å². The minimum atomic E-state index is -0.247. The minimum Gasteiger partial charge on any atom is -0.508 e. The van der Waals surface area contributed by atoms with Crippen LogP contribution in [0.5, 0.6) is 11.5 Å². The van der Waals surface area contributed by atoms with E-state index in [2.05, 4.69) is 6.58 Å². The van der Waals surface area contributed by atoms with Gasteiger partial charge in [-0.25, -0.2) is 0 Å². The first-order chi connectivity index (χ1) is 10.3. The van der Waals surface area contributed by atoms with Crippen LogP contribution in [0.4, 0.5) is 0 Å². The Labute approximate surface area is 129 Å². The van der Waals surface area contributed by atoms with Crippen LogP contribution in [0, 0.1) is 0 Å². The molecule has 2 aromatic rings. The molecule has 116 valence electrons. The number of hydrogen-bond acceptors (Lipinski definition) is 2. The molecule has 1 aromatic carbocycles. The van der Waals surface area contributed by atoms with Crippen molar-refractivity contribution < 1.29 is 10.2 Å². The molecule has 0 spiro atoms. The molecule has 0 radical (unpaired) electrons. The Hall–Kier alpha value is -2.56. The summed E-state index contributed by atoms with van der Waals surface area (Å²) in [7, 11) is 0. The fraction of sp³-hybridized carbons (Fsp3) is 0.294. The summed E-state index contributed by atoms with van der Waals surface area (Å²) in [5.74, 6) is 0.365. The van der Waals surface area contributed by atoms with Crippen LogP contribution < -0.4 is 0 Å². The molecule has 0 saturated heterocycles. The number of fused-ring (bicyclic) bond motifs is 1. The van der Waals surface area contributed by atoms with Gasteiger partial charge in [0.05, 0.1) is 5.70 Å². The molecule has 0 unspecified atom stereocenters. The van der Waals surface area contributed by atoms with E-state index in [1.807, 2.05) is 53.4 Å². The van der Waals surface area contributed by atoms with E-state index in [-0.39, 0.29) is 16.9 Å². The largest absolute Gasteiger partial charge is 0.508 e. The number of phenolic OH excluding ortho intramolecular Hbond substituents is 2. The number of aromatic hydroxyl groups is 2. The topological polar surface area (TPSA) is 55.2 Å². The standard InChI is InChI=1S/C17H21N3O2/c1-5-6-7-8-12-11-18-19(12)20(18)15-10-13(21)9-14(16(15)22)17(2,3)4/h5-10,21-22H,1,11H2,2-4H3/b7-6-,12-8+. The molecule has 1 aliphatic rings. The molecule has 1 aliphatic heterocycles. The van der Waals surface area contributed by atoms with Crippen LogP contribution in [0.1, 0.15) is 26.3 Å². The molecule has 0 amide bonds. The molecule has 0 saturated carbocycles. The van der Waals surface area contributed by atoms with Crippen LogP contribution in [0.2, 0.25) is 0 Å². The number of phenols is 2. The summed E-state index contributed by atoms with van der Waals surface area (Å²) in [6.07, 6.45) is 7.53. The van der Waals surface area contributed by atoms with Crippen molar-refractivity contribution in [3.8, 4) is 17.2 Å². The van der Waals surface area contributed by atoms with Gasteiger partial charge in [-0.05, 0) is 17.6 Å². The normalized spacial score (nSPS) is 16.2. The van der Waals surface area contributed by atoms with E-state index < -0.39 is 0 Å². The molecule has 5 nitrogen and oxygen atoms in total. The number of nitrogens with zero attached hydrogens (tertiary/aromatic N) is 3. The average Bonchev–Trinajstić information content (AvgIpc) is 3.00. The van der Waals surface area contributed by atoms with E-state index in [9.17, 15) is 10.2 Å². The molecule has 0 fully saturated rings. The Morgan fingerprint density at radius 1 is 1.14 bits per heavy atom. The highest BCUT2D eigenvalue weighted by Crippen LogP contribution is 2.41. The number of allylic oxidation sites excluding steroid dienone is 5. The quantitative estimate of drug-likeness (QED) is 0.674. The Morgan fingerprint density at radius 2 is 1.86 bits per heavy atom. The van der Waals surface area contributed by atoms with Crippen LogP contribution in [-0.4, -0.2) is 24.6 Å². The Bertz CT molecular complexity index is 791. The predicted octanol–water partition coefficient (Wildman–Crippen LogP) is 3.39. The second-order valence-electron chi connectivity index (χ2n) is 6.50. The molecule has 3 rings (SSSR count). The van der Waals surface area contributed by atoms with Crippen molar-refractivity contribution in [2.24, 2.45) is 0 Å². The second-order valence-corrected chi connectivity index (χ2v) is 6.50. The summed E-state index contributed by atoms with van der Waals surface area (Å²) in [6, 6.07) is 3.21. The highest BCUT2D eigenvalue weighted by Gasteiger charge is 2.35. The Morgan fingerprint density at radius 3 is 2.50 bits per heavy atom. The van der Waals surface area contributed by atoms with Gasteiger partial charge in [-0.2, -0.15) is 14.4 Å².